The van der Waals surface area contributed by atoms with E-state index in [1.54, 1.807) is 0 Å². The van der Waals surface area contributed by atoms with E-state index in [-0.39, 0.29) is 0 Å². The van der Waals surface area contributed by atoms with Crippen LogP contribution < -0.4 is 0 Å². The van der Waals surface area contributed by atoms with E-state index in [2.05, 4.69) is 37.8 Å². The van der Waals surface area contributed by atoms with Gasteiger partial charge in [-0.2, -0.15) is 0 Å². The van der Waals surface area contributed by atoms with Gasteiger partial charge in [0.1, 0.15) is 0 Å². The summed E-state index contributed by atoms with van der Waals surface area (Å²) in [6, 6.07) is 0. The molecule has 0 aromatic carbocycles. The summed E-state index contributed by atoms with van der Waals surface area (Å²) < 4.78 is 0. The third-order valence-electron chi connectivity index (χ3n) is 2.35. The lowest BCUT2D eigenvalue weighted by Gasteiger charge is -2.17. The Kier molecular flexibility index (Phi) is 3.19. The van der Waals surface area contributed by atoms with Gasteiger partial charge in [0.05, 0.1) is 0 Å². The zero-order valence-electron chi connectivity index (χ0n) is 7.38. The van der Waals surface area contributed by atoms with Gasteiger partial charge in [0, 0.05) is 0 Å². The first kappa shape index (κ1) is 8.36. The van der Waals surface area contributed by atoms with E-state index in [1.165, 1.54) is 12.8 Å². The molecule has 0 saturated heterocycles. The van der Waals surface area contributed by atoms with Crippen LogP contribution in [-0.4, -0.2) is 0 Å². The van der Waals surface area contributed by atoms with Gasteiger partial charge in [-0.15, -0.1) is 5.73 Å². The first-order valence-electron chi connectivity index (χ1n) is 4.42. The Hall–Kier alpha value is -0.740. The quantitative estimate of drug-likeness (QED) is 0.500. The van der Waals surface area contributed by atoms with E-state index in [0.29, 0.717) is 0 Å². The summed E-state index contributed by atoms with van der Waals surface area (Å²) in [6.07, 6.45) is 10.9. The maximum Gasteiger partial charge on any atom is -0.0131 e. The van der Waals surface area contributed by atoms with Crippen molar-refractivity contribution < 1.29 is 0 Å². The fourth-order valence-electron chi connectivity index (χ4n) is 1.46. The van der Waals surface area contributed by atoms with Gasteiger partial charge in [0.15, 0.2) is 0 Å². The zero-order valence-corrected chi connectivity index (χ0v) is 7.38. The molecule has 0 nitrogen and oxygen atoms in total. The summed E-state index contributed by atoms with van der Waals surface area (Å²) in [5.41, 5.74) is 3.18. The standard InChI is InChI=1S/C11H16/c1-3-11-9-7-5-4-6-8-10(11)2/h4-6,9-11H,3,8H2,1-2H3. The van der Waals surface area contributed by atoms with Crippen LogP contribution in [0, 0.1) is 11.8 Å². The summed E-state index contributed by atoms with van der Waals surface area (Å²) in [6.45, 7) is 4.55. The molecule has 0 aliphatic heterocycles. The Balaban J connectivity index is 2.71. The van der Waals surface area contributed by atoms with Crippen LogP contribution in [0.2, 0.25) is 0 Å². The first-order valence-corrected chi connectivity index (χ1v) is 4.42. The minimum Gasteiger partial charge on any atom is -0.125 e. The second-order valence-corrected chi connectivity index (χ2v) is 3.21. The van der Waals surface area contributed by atoms with Gasteiger partial charge in [-0.25, -0.2) is 0 Å². The van der Waals surface area contributed by atoms with Crippen molar-refractivity contribution >= 4 is 0 Å². The van der Waals surface area contributed by atoms with Crippen LogP contribution in [0.25, 0.3) is 0 Å². The predicted molar refractivity (Wildman–Crippen MR) is 49.4 cm³/mol. The van der Waals surface area contributed by atoms with Gasteiger partial charge in [-0.1, -0.05) is 26.0 Å². The maximum atomic E-state index is 3.18. The molecule has 0 saturated carbocycles. The molecule has 60 valence electrons. The summed E-state index contributed by atoms with van der Waals surface area (Å²) in [4.78, 5) is 0. The predicted octanol–water partition coefficient (Wildman–Crippen LogP) is 3.32. The van der Waals surface area contributed by atoms with E-state index in [1.807, 2.05) is 6.08 Å². The molecule has 11 heavy (non-hydrogen) atoms. The fourth-order valence-corrected chi connectivity index (χ4v) is 1.46. The van der Waals surface area contributed by atoms with Crippen LogP contribution in [0.3, 0.4) is 0 Å². The number of hydrogen-bond donors (Lipinski definition) is 0. The van der Waals surface area contributed by atoms with Crippen molar-refractivity contribution in [1.82, 2.24) is 0 Å². The van der Waals surface area contributed by atoms with Crippen molar-refractivity contribution in [3.8, 4) is 0 Å². The largest absolute Gasteiger partial charge is 0.125 e. The average molecular weight is 148 g/mol. The minimum atomic E-state index is 0.719. The van der Waals surface area contributed by atoms with Crippen LogP contribution in [-0.2, 0) is 0 Å². The van der Waals surface area contributed by atoms with Crippen molar-refractivity contribution in [2.45, 2.75) is 26.7 Å². The molecule has 1 rings (SSSR count). The van der Waals surface area contributed by atoms with Crippen molar-refractivity contribution in [2.24, 2.45) is 11.8 Å². The van der Waals surface area contributed by atoms with Crippen LogP contribution >= 0.6 is 0 Å². The summed E-state index contributed by atoms with van der Waals surface area (Å²) >= 11 is 0. The molecule has 0 fully saturated rings. The second kappa shape index (κ2) is 4.20. The van der Waals surface area contributed by atoms with Crippen molar-refractivity contribution in [3.05, 3.63) is 30.0 Å². The van der Waals surface area contributed by atoms with E-state index in [0.717, 1.165) is 11.8 Å². The number of allylic oxidation sites excluding steroid dienone is 3. The molecule has 0 radical (unpaired) electrons. The second-order valence-electron chi connectivity index (χ2n) is 3.21. The van der Waals surface area contributed by atoms with E-state index >= 15 is 0 Å². The Morgan fingerprint density at radius 3 is 3.09 bits per heavy atom. The highest BCUT2D eigenvalue weighted by molar-refractivity contribution is 5.06. The molecule has 0 N–H and O–H groups in total. The van der Waals surface area contributed by atoms with Crippen molar-refractivity contribution in [2.75, 3.05) is 0 Å². The molecular weight excluding hydrogens is 132 g/mol. The third-order valence-corrected chi connectivity index (χ3v) is 2.35. The Labute approximate surface area is 69.3 Å². The fraction of sp³-hybridized carbons (Fsp3) is 0.545. The highest BCUT2D eigenvalue weighted by atomic mass is 14.1. The van der Waals surface area contributed by atoms with E-state index in [4.69, 9.17) is 0 Å². The van der Waals surface area contributed by atoms with Gasteiger partial charge < -0.3 is 0 Å². The topological polar surface area (TPSA) is 0 Å². The van der Waals surface area contributed by atoms with Gasteiger partial charge in [-0.3, -0.25) is 0 Å². The number of rotatable bonds is 1. The lowest BCUT2D eigenvalue weighted by molar-refractivity contribution is 0.421. The normalized spacial score (nSPS) is 30.0. The van der Waals surface area contributed by atoms with Crippen LogP contribution in [0.4, 0.5) is 0 Å². The molecule has 1 aliphatic carbocycles. The molecule has 0 amide bonds. The molecule has 1 aliphatic rings. The van der Waals surface area contributed by atoms with Crippen LogP contribution in [0.1, 0.15) is 26.7 Å². The molecule has 2 unspecified atom stereocenters. The summed E-state index contributed by atoms with van der Waals surface area (Å²) in [5, 5.41) is 0. The van der Waals surface area contributed by atoms with Gasteiger partial charge in [0.2, 0.25) is 0 Å². The molecular formula is C11H16. The maximum absolute atomic E-state index is 3.18. The highest BCUT2D eigenvalue weighted by Crippen LogP contribution is 2.21. The molecule has 0 aromatic heterocycles. The SMILES string of the molecule is CCC1C=C=CC=CCC1C. The first-order chi connectivity index (χ1) is 5.34. The third kappa shape index (κ3) is 2.40. The molecule has 0 heterocycles. The van der Waals surface area contributed by atoms with Gasteiger partial charge in [-0.05, 0) is 36.8 Å². The molecule has 0 heteroatoms. The lowest BCUT2D eigenvalue weighted by Crippen LogP contribution is -2.07. The van der Waals surface area contributed by atoms with Crippen LogP contribution in [0.5, 0.6) is 0 Å². The Morgan fingerprint density at radius 2 is 2.36 bits per heavy atom. The molecule has 0 spiro atoms. The zero-order chi connectivity index (χ0) is 8.10. The lowest BCUT2D eigenvalue weighted by atomic mass is 9.88. The van der Waals surface area contributed by atoms with Gasteiger partial charge in [0.25, 0.3) is 0 Å². The van der Waals surface area contributed by atoms with E-state index < -0.39 is 0 Å². The minimum absolute atomic E-state index is 0.719. The monoisotopic (exact) mass is 148 g/mol. The Morgan fingerprint density at radius 1 is 1.55 bits per heavy atom. The van der Waals surface area contributed by atoms with Crippen LogP contribution in [0.15, 0.2) is 30.0 Å². The van der Waals surface area contributed by atoms with Crippen molar-refractivity contribution in [1.29, 1.82) is 0 Å². The van der Waals surface area contributed by atoms with Crippen molar-refractivity contribution in [3.63, 3.8) is 0 Å². The number of hydrogen-bond acceptors (Lipinski definition) is 0. The summed E-state index contributed by atoms with van der Waals surface area (Å²) in [7, 11) is 0. The van der Waals surface area contributed by atoms with Gasteiger partial charge >= 0.3 is 0 Å². The smallest absolute Gasteiger partial charge is 0.0131 e. The summed E-state index contributed by atoms with van der Waals surface area (Å²) in [5.74, 6) is 1.49. The van der Waals surface area contributed by atoms with E-state index in [9.17, 15) is 0 Å². The average Bonchev–Trinajstić information content (AvgIpc) is 1.98. The Bertz CT molecular complexity index is 192. The molecule has 2 atom stereocenters. The highest BCUT2D eigenvalue weighted by Gasteiger charge is 2.10. The molecule has 0 bridgehead atoms. The molecule has 0 aromatic rings.